The smallest absolute Gasteiger partial charge is 0.0467 e. The summed E-state index contributed by atoms with van der Waals surface area (Å²) in [6, 6.07) is 104. The van der Waals surface area contributed by atoms with E-state index < -0.39 is 0 Å². The predicted molar refractivity (Wildman–Crippen MR) is 304 cm³/mol. The van der Waals surface area contributed by atoms with Gasteiger partial charge in [0, 0.05) is 17.1 Å². The SMILES string of the molecule is c1ccc(-c2c(-c3ccccc3)c3cc(-c4ccc(N(c5ccc(-c6ccc(-c7ccc8ccccc8c7)cc6)cc5)c5cccc(-c6ccc7ccccc7c6)c5)cc4)ccc3c3ccccc23)cc1. The van der Waals surface area contributed by atoms with Crippen molar-refractivity contribution in [2.45, 2.75) is 0 Å². The molecule has 13 aromatic rings. The summed E-state index contributed by atoms with van der Waals surface area (Å²) in [5.41, 5.74) is 17.7. The fourth-order valence-corrected chi connectivity index (χ4v) is 10.7. The Morgan fingerprint density at radius 1 is 0.169 bits per heavy atom. The van der Waals surface area contributed by atoms with E-state index in [1.165, 1.54) is 104 Å². The molecule has 0 aliphatic rings. The highest BCUT2D eigenvalue weighted by Gasteiger charge is 2.19. The summed E-state index contributed by atoms with van der Waals surface area (Å²) in [4.78, 5) is 2.38. The maximum atomic E-state index is 2.41. The van der Waals surface area contributed by atoms with Crippen molar-refractivity contribution in [1.82, 2.24) is 0 Å². The van der Waals surface area contributed by atoms with Gasteiger partial charge in [-0.25, -0.2) is 0 Å². The predicted octanol–water partition coefficient (Wildman–Crippen LogP) is 19.8. The first-order valence-electron chi connectivity index (χ1n) is 24.5. The van der Waals surface area contributed by atoms with Crippen molar-refractivity contribution in [3.05, 3.63) is 285 Å². The van der Waals surface area contributed by atoms with Crippen LogP contribution in [0.3, 0.4) is 0 Å². The van der Waals surface area contributed by atoms with Crippen molar-refractivity contribution < 1.29 is 0 Å². The molecule has 0 spiro atoms. The number of hydrogen-bond donors (Lipinski definition) is 0. The molecule has 0 saturated heterocycles. The van der Waals surface area contributed by atoms with Crippen LogP contribution in [0.5, 0.6) is 0 Å². The molecule has 0 aliphatic carbocycles. The van der Waals surface area contributed by atoms with Gasteiger partial charge in [0.2, 0.25) is 0 Å². The molecule has 0 atom stereocenters. The highest BCUT2D eigenvalue weighted by Crippen LogP contribution is 2.46. The van der Waals surface area contributed by atoms with Crippen molar-refractivity contribution in [3.63, 3.8) is 0 Å². The molecule has 1 nitrogen and oxygen atoms in total. The van der Waals surface area contributed by atoms with Crippen molar-refractivity contribution in [1.29, 1.82) is 0 Å². The zero-order valence-corrected chi connectivity index (χ0v) is 39.1. The van der Waals surface area contributed by atoms with Gasteiger partial charge in [0.25, 0.3) is 0 Å². The Balaban J connectivity index is 0.894. The Bertz CT molecular complexity index is 4060. The lowest BCUT2D eigenvalue weighted by Gasteiger charge is -2.26. The minimum absolute atomic E-state index is 1.08. The van der Waals surface area contributed by atoms with E-state index in [1.807, 2.05) is 0 Å². The Hall–Kier alpha value is -9.30. The van der Waals surface area contributed by atoms with Gasteiger partial charge in [-0.2, -0.15) is 0 Å². The molecule has 332 valence electrons. The summed E-state index contributed by atoms with van der Waals surface area (Å²) in [7, 11) is 0. The third-order valence-corrected chi connectivity index (χ3v) is 14.2. The highest BCUT2D eigenvalue weighted by atomic mass is 15.1. The maximum Gasteiger partial charge on any atom is 0.0467 e. The molecule has 0 radical (unpaired) electrons. The molecule has 0 aliphatic heterocycles. The van der Waals surface area contributed by atoms with Crippen molar-refractivity contribution >= 4 is 60.2 Å². The number of benzene rings is 13. The topological polar surface area (TPSA) is 3.24 Å². The zero-order valence-electron chi connectivity index (χ0n) is 39.1. The molecule has 0 unspecified atom stereocenters. The lowest BCUT2D eigenvalue weighted by Crippen LogP contribution is -2.10. The van der Waals surface area contributed by atoms with Gasteiger partial charge in [-0.3, -0.25) is 0 Å². The Labute approximate surface area is 414 Å². The first kappa shape index (κ1) is 41.9. The molecule has 0 N–H and O–H groups in total. The van der Waals surface area contributed by atoms with Gasteiger partial charge in [-0.15, -0.1) is 0 Å². The summed E-state index contributed by atoms with van der Waals surface area (Å²) in [5, 5.41) is 10.00. The van der Waals surface area contributed by atoms with Crippen LogP contribution in [-0.4, -0.2) is 0 Å². The number of fused-ring (bicyclic) bond motifs is 5. The Morgan fingerprint density at radius 3 is 1.10 bits per heavy atom. The molecule has 0 heterocycles. The van der Waals surface area contributed by atoms with E-state index in [9.17, 15) is 0 Å². The van der Waals surface area contributed by atoms with Gasteiger partial charge in [0.05, 0.1) is 0 Å². The van der Waals surface area contributed by atoms with E-state index in [1.54, 1.807) is 0 Å². The summed E-state index contributed by atoms with van der Waals surface area (Å²) in [6.07, 6.45) is 0. The maximum absolute atomic E-state index is 2.41. The fourth-order valence-electron chi connectivity index (χ4n) is 10.7. The third kappa shape index (κ3) is 7.90. The Kier molecular flexibility index (Phi) is 10.6. The average molecular weight is 902 g/mol. The summed E-state index contributed by atoms with van der Waals surface area (Å²) >= 11 is 0. The monoisotopic (exact) mass is 901 g/mol. The van der Waals surface area contributed by atoms with Crippen LogP contribution in [0.25, 0.3) is 110 Å². The van der Waals surface area contributed by atoms with Crippen molar-refractivity contribution in [3.8, 4) is 66.8 Å². The summed E-state index contributed by atoms with van der Waals surface area (Å²) in [6.45, 7) is 0. The lowest BCUT2D eigenvalue weighted by atomic mass is 9.84. The largest absolute Gasteiger partial charge is 0.310 e. The second kappa shape index (κ2) is 18.0. The van der Waals surface area contributed by atoms with E-state index in [-0.39, 0.29) is 0 Å². The third-order valence-electron chi connectivity index (χ3n) is 14.2. The van der Waals surface area contributed by atoms with Gasteiger partial charge in [0.15, 0.2) is 0 Å². The molecule has 13 aromatic carbocycles. The first-order chi connectivity index (χ1) is 35.2. The van der Waals surface area contributed by atoms with E-state index in [0.717, 1.165) is 22.6 Å². The lowest BCUT2D eigenvalue weighted by molar-refractivity contribution is 1.28. The molecule has 13 rings (SSSR count). The minimum Gasteiger partial charge on any atom is -0.310 e. The average Bonchev–Trinajstić information content (AvgIpc) is 3.45. The number of anilines is 3. The molecule has 0 fully saturated rings. The van der Waals surface area contributed by atoms with Crippen LogP contribution in [0.4, 0.5) is 17.1 Å². The van der Waals surface area contributed by atoms with Gasteiger partial charge in [0.1, 0.15) is 0 Å². The van der Waals surface area contributed by atoms with Crippen molar-refractivity contribution in [2.24, 2.45) is 0 Å². The van der Waals surface area contributed by atoms with Crippen LogP contribution >= 0.6 is 0 Å². The van der Waals surface area contributed by atoms with Gasteiger partial charge in [-0.1, -0.05) is 231 Å². The van der Waals surface area contributed by atoms with Crippen LogP contribution in [0, 0.1) is 0 Å². The second-order valence-electron chi connectivity index (χ2n) is 18.5. The number of hydrogen-bond acceptors (Lipinski definition) is 1. The molecule has 0 bridgehead atoms. The van der Waals surface area contributed by atoms with Crippen LogP contribution in [-0.2, 0) is 0 Å². The standard InChI is InChI=1S/C70H47N/c1-3-16-54(17-4-1)69-67-25-12-11-24-65(67)66-43-38-61(47-68(66)70(69)55-18-5-2-6-19-55)53-36-41-63(42-37-53)71(64-23-13-22-58(46-64)60-33-31-49-15-8-10-21-57(49)45-60)62-39-34-51(35-40-62)50-26-28-52(29-27-50)59-32-30-48-14-7-9-20-56(48)44-59/h1-47H. The van der Waals surface area contributed by atoms with E-state index in [4.69, 9.17) is 0 Å². The molecular formula is C70H47N. The van der Waals surface area contributed by atoms with Crippen molar-refractivity contribution in [2.75, 3.05) is 4.90 Å². The van der Waals surface area contributed by atoms with Gasteiger partial charge < -0.3 is 4.90 Å². The Morgan fingerprint density at radius 2 is 0.535 bits per heavy atom. The van der Waals surface area contributed by atoms with Gasteiger partial charge >= 0.3 is 0 Å². The fraction of sp³-hybridized carbons (Fsp3) is 0. The first-order valence-corrected chi connectivity index (χ1v) is 24.5. The van der Waals surface area contributed by atoms with E-state index >= 15 is 0 Å². The molecule has 0 saturated carbocycles. The minimum atomic E-state index is 1.08. The van der Waals surface area contributed by atoms with Gasteiger partial charge in [-0.05, 0) is 164 Å². The normalized spacial score (nSPS) is 11.4. The molecule has 0 aromatic heterocycles. The quantitative estimate of drug-likeness (QED) is 0.131. The van der Waals surface area contributed by atoms with Crippen LogP contribution in [0.2, 0.25) is 0 Å². The zero-order chi connectivity index (χ0) is 47.1. The molecule has 71 heavy (non-hydrogen) atoms. The molecular weight excluding hydrogens is 855 g/mol. The second-order valence-corrected chi connectivity index (χ2v) is 18.5. The molecule has 0 amide bonds. The highest BCUT2D eigenvalue weighted by molar-refractivity contribution is 6.22. The summed E-state index contributed by atoms with van der Waals surface area (Å²) in [5.74, 6) is 0. The molecule has 1 heteroatoms. The van der Waals surface area contributed by atoms with Crippen LogP contribution in [0.1, 0.15) is 0 Å². The van der Waals surface area contributed by atoms with E-state index in [0.29, 0.717) is 0 Å². The summed E-state index contributed by atoms with van der Waals surface area (Å²) < 4.78 is 0. The number of nitrogens with zero attached hydrogens (tertiary/aromatic N) is 1. The van der Waals surface area contributed by atoms with E-state index in [2.05, 4.69) is 290 Å². The van der Waals surface area contributed by atoms with Crippen LogP contribution in [0.15, 0.2) is 285 Å². The number of rotatable bonds is 9. The van der Waals surface area contributed by atoms with Crippen LogP contribution < -0.4 is 4.90 Å².